The number of rotatable bonds is 4. The molecule has 6 nitrogen and oxygen atoms in total. The minimum Gasteiger partial charge on any atom is -0.381 e. The number of benzene rings is 2. The van der Waals surface area contributed by atoms with Crippen LogP contribution < -0.4 is 15.5 Å². The van der Waals surface area contributed by atoms with E-state index in [1.165, 1.54) is 6.92 Å². The minimum atomic E-state index is -0.171. The van der Waals surface area contributed by atoms with Gasteiger partial charge in [0.25, 0.3) is 0 Å². The summed E-state index contributed by atoms with van der Waals surface area (Å²) < 4.78 is 5.44. The summed E-state index contributed by atoms with van der Waals surface area (Å²) in [6.45, 7) is 2.75. The fraction of sp³-hybridized carbons (Fsp3) is 0.300. The van der Waals surface area contributed by atoms with Crippen molar-refractivity contribution in [1.82, 2.24) is 0 Å². The van der Waals surface area contributed by atoms with Crippen molar-refractivity contribution in [2.24, 2.45) is 0 Å². The van der Waals surface area contributed by atoms with Crippen molar-refractivity contribution in [3.8, 4) is 0 Å². The van der Waals surface area contributed by atoms with E-state index in [0.29, 0.717) is 18.9 Å². The van der Waals surface area contributed by atoms with Crippen molar-refractivity contribution >= 4 is 29.0 Å². The number of anilines is 3. The summed E-state index contributed by atoms with van der Waals surface area (Å²) in [5, 5.41) is 5.70. The molecule has 0 unspecified atom stereocenters. The van der Waals surface area contributed by atoms with Crippen LogP contribution in [0.2, 0.25) is 0 Å². The number of urea groups is 1. The molecule has 136 valence electrons. The van der Waals surface area contributed by atoms with Gasteiger partial charge < -0.3 is 15.4 Å². The fourth-order valence-electron chi connectivity index (χ4n) is 3.05. The van der Waals surface area contributed by atoms with E-state index < -0.39 is 0 Å². The molecule has 0 atom stereocenters. The molecule has 1 fully saturated rings. The van der Waals surface area contributed by atoms with Crippen molar-refractivity contribution in [3.63, 3.8) is 0 Å². The Morgan fingerprint density at radius 2 is 1.54 bits per heavy atom. The van der Waals surface area contributed by atoms with Crippen LogP contribution in [-0.2, 0) is 9.53 Å². The summed E-state index contributed by atoms with van der Waals surface area (Å²) in [6.07, 6.45) is 1.57. The second-order valence-electron chi connectivity index (χ2n) is 6.24. The first-order valence-electron chi connectivity index (χ1n) is 8.74. The molecule has 2 N–H and O–H groups in total. The molecule has 0 bridgehead atoms. The molecule has 1 heterocycles. The predicted octanol–water partition coefficient (Wildman–Crippen LogP) is 3.86. The van der Waals surface area contributed by atoms with Gasteiger partial charge in [-0.15, -0.1) is 0 Å². The molecule has 0 aliphatic carbocycles. The van der Waals surface area contributed by atoms with Crippen LogP contribution in [0.3, 0.4) is 0 Å². The van der Waals surface area contributed by atoms with Crippen LogP contribution in [0.1, 0.15) is 19.8 Å². The van der Waals surface area contributed by atoms with Crippen LogP contribution >= 0.6 is 0 Å². The zero-order valence-corrected chi connectivity index (χ0v) is 14.8. The zero-order chi connectivity index (χ0) is 18.4. The van der Waals surface area contributed by atoms with Crippen LogP contribution in [0.5, 0.6) is 0 Å². The first kappa shape index (κ1) is 17.9. The average molecular weight is 353 g/mol. The van der Waals surface area contributed by atoms with Crippen LogP contribution in [0.25, 0.3) is 0 Å². The van der Waals surface area contributed by atoms with Crippen molar-refractivity contribution in [2.45, 2.75) is 25.8 Å². The minimum absolute atomic E-state index is 0.0686. The second-order valence-corrected chi connectivity index (χ2v) is 6.24. The fourth-order valence-corrected chi connectivity index (χ4v) is 3.05. The third-order valence-electron chi connectivity index (χ3n) is 4.27. The summed E-state index contributed by atoms with van der Waals surface area (Å²) in [5.74, 6) is -0.124. The van der Waals surface area contributed by atoms with Gasteiger partial charge in [0.05, 0.1) is 0 Å². The number of nitrogens with one attached hydrogen (secondary N) is 2. The molecule has 1 aliphatic heterocycles. The van der Waals surface area contributed by atoms with Gasteiger partial charge in [0.15, 0.2) is 0 Å². The summed E-state index contributed by atoms with van der Waals surface area (Å²) >= 11 is 0. The standard InChI is InChI=1S/C20H23N3O3/c1-15(24)21-17-7-9-18(10-8-17)23(19-11-13-26-14-12-19)20(25)22-16-5-3-2-4-6-16/h2-10,19H,11-14H2,1H3,(H,21,24)(H,22,25). The highest BCUT2D eigenvalue weighted by Gasteiger charge is 2.27. The Labute approximate surface area is 153 Å². The molecule has 0 spiro atoms. The Balaban J connectivity index is 1.82. The second kappa shape index (κ2) is 8.49. The molecule has 26 heavy (non-hydrogen) atoms. The maximum atomic E-state index is 13.0. The molecule has 6 heteroatoms. The molecule has 0 radical (unpaired) electrons. The van der Waals surface area contributed by atoms with Gasteiger partial charge in [0.2, 0.25) is 5.91 Å². The maximum absolute atomic E-state index is 13.0. The highest BCUT2D eigenvalue weighted by molar-refractivity contribution is 6.02. The first-order chi connectivity index (χ1) is 12.6. The predicted molar refractivity (Wildman–Crippen MR) is 103 cm³/mol. The monoisotopic (exact) mass is 353 g/mol. The molecule has 1 aliphatic rings. The molecule has 0 aromatic heterocycles. The van der Waals surface area contributed by atoms with E-state index in [1.54, 1.807) is 17.0 Å². The summed E-state index contributed by atoms with van der Waals surface area (Å²) in [6, 6.07) is 16.6. The van der Waals surface area contributed by atoms with Crippen LogP contribution in [0.4, 0.5) is 21.9 Å². The van der Waals surface area contributed by atoms with Gasteiger partial charge in [-0.1, -0.05) is 18.2 Å². The Morgan fingerprint density at radius 1 is 0.923 bits per heavy atom. The summed E-state index contributed by atoms with van der Waals surface area (Å²) in [4.78, 5) is 26.0. The largest absolute Gasteiger partial charge is 0.381 e. The molecule has 2 aromatic rings. The van der Waals surface area contributed by atoms with E-state index in [-0.39, 0.29) is 18.0 Å². The number of amides is 3. The third kappa shape index (κ3) is 4.61. The smallest absolute Gasteiger partial charge is 0.326 e. The van der Waals surface area contributed by atoms with Gasteiger partial charge in [-0.05, 0) is 49.2 Å². The van der Waals surface area contributed by atoms with Crippen LogP contribution in [-0.4, -0.2) is 31.2 Å². The van der Waals surface area contributed by atoms with E-state index >= 15 is 0 Å². The van der Waals surface area contributed by atoms with E-state index in [4.69, 9.17) is 4.74 Å². The highest BCUT2D eigenvalue weighted by atomic mass is 16.5. The lowest BCUT2D eigenvalue weighted by atomic mass is 10.1. The number of nitrogens with zero attached hydrogens (tertiary/aromatic N) is 1. The Morgan fingerprint density at radius 3 is 2.15 bits per heavy atom. The molecule has 2 aromatic carbocycles. The number of para-hydroxylation sites is 1. The quantitative estimate of drug-likeness (QED) is 0.877. The van der Waals surface area contributed by atoms with E-state index in [9.17, 15) is 9.59 Å². The highest BCUT2D eigenvalue weighted by Crippen LogP contribution is 2.26. The Bertz CT molecular complexity index is 741. The normalized spacial score (nSPS) is 14.5. The number of carbonyl (C=O) groups is 2. The van der Waals surface area contributed by atoms with Crippen molar-refractivity contribution < 1.29 is 14.3 Å². The molecule has 3 amide bonds. The van der Waals surface area contributed by atoms with Gasteiger partial charge in [0, 0.05) is 43.2 Å². The average Bonchev–Trinajstić information content (AvgIpc) is 2.65. The Hall–Kier alpha value is -2.86. The number of carbonyl (C=O) groups excluding carboxylic acids is 2. The topological polar surface area (TPSA) is 70.7 Å². The maximum Gasteiger partial charge on any atom is 0.326 e. The van der Waals surface area contributed by atoms with Gasteiger partial charge in [-0.3, -0.25) is 9.69 Å². The lowest BCUT2D eigenvalue weighted by molar-refractivity contribution is -0.114. The third-order valence-corrected chi connectivity index (χ3v) is 4.27. The molecule has 0 saturated carbocycles. The SMILES string of the molecule is CC(=O)Nc1ccc(N(C(=O)Nc2ccccc2)C2CCOCC2)cc1. The molecule has 1 saturated heterocycles. The summed E-state index contributed by atoms with van der Waals surface area (Å²) in [7, 11) is 0. The van der Waals surface area contributed by atoms with Crippen molar-refractivity contribution in [2.75, 3.05) is 28.7 Å². The lowest BCUT2D eigenvalue weighted by Gasteiger charge is -2.34. The molecular formula is C20H23N3O3. The van der Waals surface area contributed by atoms with Gasteiger partial charge in [-0.2, -0.15) is 0 Å². The summed E-state index contributed by atoms with van der Waals surface area (Å²) in [5.41, 5.74) is 2.25. The van der Waals surface area contributed by atoms with Crippen LogP contribution in [0.15, 0.2) is 54.6 Å². The first-order valence-corrected chi connectivity index (χ1v) is 8.74. The van der Waals surface area contributed by atoms with E-state index in [2.05, 4.69) is 10.6 Å². The molecule has 3 rings (SSSR count). The number of ether oxygens (including phenoxy) is 1. The molecular weight excluding hydrogens is 330 g/mol. The van der Waals surface area contributed by atoms with Gasteiger partial charge in [-0.25, -0.2) is 4.79 Å². The zero-order valence-electron chi connectivity index (χ0n) is 14.8. The van der Waals surface area contributed by atoms with E-state index in [0.717, 1.165) is 24.2 Å². The Kier molecular flexibility index (Phi) is 5.86. The number of hydrogen-bond donors (Lipinski definition) is 2. The van der Waals surface area contributed by atoms with Crippen molar-refractivity contribution in [1.29, 1.82) is 0 Å². The van der Waals surface area contributed by atoms with Gasteiger partial charge in [0.1, 0.15) is 0 Å². The number of hydrogen-bond acceptors (Lipinski definition) is 3. The van der Waals surface area contributed by atoms with Crippen LogP contribution in [0, 0.1) is 0 Å². The van der Waals surface area contributed by atoms with Gasteiger partial charge >= 0.3 is 6.03 Å². The lowest BCUT2D eigenvalue weighted by Crippen LogP contribution is -2.45. The van der Waals surface area contributed by atoms with E-state index in [1.807, 2.05) is 42.5 Å². The van der Waals surface area contributed by atoms with Crippen molar-refractivity contribution in [3.05, 3.63) is 54.6 Å².